The van der Waals surface area contributed by atoms with Gasteiger partial charge in [-0.15, -0.1) is 0 Å². The van der Waals surface area contributed by atoms with Crippen LogP contribution in [0.25, 0.3) is 0 Å². The Morgan fingerprint density at radius 3 is 2.52 bits per heavy atom. The number of nitrogens with zero attached hydrogens (tertiary/aromatic N) is 4. The summed E-state index contributed by atoms with van der Waals surface area (Å²) in [6.07, 6.45) is 1.88. The summed E-state index contributed by atoms with van der Waals surface area (Å²) >= 11 is 0. The van der Waals surface area contributed by atoms with Crippen molar-refractivity contribution in [3.05, 3.63) is 59.5 Å². The van der Waals surface area contributed by atoms with Gasteiger partial charge in [0, 0.05) is 45.7 Å². The molecule has 0 spiro atoms. The van der Waals surface area contributed by atoms with Crippen molar-refractivity contribution in [3.63, 3.8) is 0 Å². The number of amides is 2. The molecular formula is C22H24N4O3. The molecule has 0 saturated carbocycles. The largest absolute Gasteiger partial charge is 0.467 e. The maximum absolute atomic E-state index is 12.9. The van der Waals surface area contributed by atoms with E-state index in [4.69, 9.17) is 9.68 Å². The Kier molecular flexibility index (Phi) is 5.63. The molecule has 150 valence electrons. The number of furan rings is 1. The lowest BCUT2D eigenvalue weighted by Crippen LogP contribution is -2.50. The van der Waals surface area contributed by atoms with E-state index < -0.39 is 0 Å². The molecule has 0 aliphatic carbocycles. The number of hydrogen-bond donors (Lipinski definition) is 0. The molecule has 1 unspecified atom stereocenters. The zero-order chi connectivity index (χ0) is 20.2. The third kappa shape index (κ3) is 4.49. The zero-order valence-electron chi connectivity index (χ0n) is 16.3. The maximum atomic E-state index is 12.9. The molecule has 2 aliphatic rings. The average Bonchev–Trinajstić information content (AvgIpc) is 3.39. The highest BCUT2D eigenvalue weighted by Crippen LogP contribution is 2.23. The number of piperazine rings is 1. The minimum absolute atomic E-state index is 0.0131. The van der Waals surface area contributed by atoms with Crippen LogP contribution < -0.4 is 0 Å². The van der Waals surface area contributed by atoms with Gasteiger partial charge in [-0.2, -0.15) is 5.26 Å². The first kappa shape index (κ1) is 19.2. The Balaban J connectivity index is 1.26. The van der Waals surface area contributed by atoms with E-state index in [0.29, 0.717) is 31.7 Å². The molecule has 0 N–H and O–H groups in total. The third-order valence-corrected chi connectivity index (χ3v) is 5.66. The number of carbonyl (C=O) groups is 2. The number of rotatable bonds is 5. The molecule has 2 aliphatic heterocycles. The van der Waals surface area contributed by atoms with Gasteiger partial charge in [0.25, 0.3) is 0 Å². The molecule has 2 saturated heterocycles. The van der Waals surface area contributed by atoms with E-state index in [2.05, 4.69) is 11.0 Å². The van der Waals surface area contributed by atoms with Crippen molar-refractivity contribution in [1.82, 2.24) is 14.7 Å². The molecule has 3 heterocycles. The highest BCUT2D eigenvalue weighted by atomic mass is 16.3. The molecule has 1 atom stereocenters. The zero-order valence-corrected chi connectivity index (χ0v) is 16.3. The van der Waals surface area contributed by atoms with Crippen molar-refractivity contribution in [1.29, 1.82) is 5.26 Å². The molecule has 1 aromatic heterocycles. The van der Waals surface area contributed by atoms with Gasteiger partial charge in [-0.25, -0.2) is 0 Å². The van der Waals surface area contributed by atoms with Gasteiger partial charge in [0.1, 0.15) is 5.76 Å². The van der Waals surface area contributed by atoms with Gasteiger partial charge in [0.2, 0.25) is 11.8 Å². The van der Waals surface area contributed by atoms with E-state index in [9.17, 15) is 9.59 Å². The van der Waals surface area contributed by atoms with Gasteiger partial charge < -0.3 is 14.2 Å². The third-order valence-electron chi connectivity index (χ3n) is 5.66. The van der Waals surface area contributed by atoms with Gasteiger partial charge in [-0.05, 0) is 29.8 Å². The first-order chi connectivity index (χ1) is 14.1. The Hall–Kier alpha value is -3.11. The second-order valence-electron chi connectivity index (χ2n) is 7.66. The second kappa shape index (κ2) is 8.50. The summed E-state index contributed by atoms with van der Waals surface area (Å²) in [4.78, 5) is 31.1. The fraction of sp³-hybridized carbons (Fsp3) is 0.409. The first-order valence-electron chi connectivity index (χ1n) is 9.93. The normalized spacial score (nSPS) is 20.1. The van der Waals surface area contributed by atoms with E-state index in [1.807, 2.05) is 35.2 Å². The van der Waals surface area contributed by atoms with Gasteiger partial charge in [-0.3, -0.25) is 14.5 Å². The van der Waals surface area contributed by atoms with Crippen LogP contribution >= 0.6 is 0 Å². The Bertz CT molecular complexity index is 893. The van der Waals surface area contributed by atoms with E-state index in [0.717, 1.165) is 25.4 Å². The van der Waals surface area contributed by atoms with Crippen LogP contribution in [0, 0.1) is 17.2 Å². The van der Waals surface area contributed by atoms with Crippen molar-refractivity contribution in [2.24, 2.45) is 5.92 Å². The molecule has 2 fully saturated rings. The SMILES string of the molecule is N#Cc1ccc(CN2CCN(C(=O)C3CC(=O)N(Cc4ccco4)C3)CC2)cc1. The van der Waals surface area contributed by atoms with Crippen LogP contribution in [0.1, 0.15) is 23.3 Å². The molecule has 7 heteroatoms. The van der Waals surface area contributed by atoms with Crippen LogP contribution in [0.5, 0.6) is 0 Å². The quantitative estimate of drug-likeness (QED) is 0.776. The van der Waals surface area contributed by atoms with E-state index >= 15 is 0 Å². The van der Waals surface area contributed by atoms with Crippen LogP contribution in [-0.4, -0.2) is 59.2 Å². The fourth-order valence-corrected chi connectivity index (χ4v) is 4.01. The fourth-order valence-electron chi connectivity index (χ4n) is 4.01. The van der Waals surface area contributed by atoms with E-state index in [1.165, 1.54) is 5.56 Å². The molecule has 1 aromatic carbocycles. The molecule has 4 rings (SSSR count). The second-order valence-corrected chi connectivity index (χ2v) is 7.66. The molecule has 0 radical (unpaired) electrons. The van der Waals surface area contributed by atoms with Gasteiger partial charge in [0.15, 0.2) is 0 Å². The van der Waals surface area contributed by atoms with Crippen LogP contribution in [0.3, 0.4) is 0 Å². The predicted molar refractivity (Wildman–Crippen MR) is 105 cm³/mol. The number of carbonyl (C=O) groups excluding carboxylic acids is 2. The highest BCUT2D eigenvalue weighted by Gasteiger charge is 2.37. The average molecular weight is 392 g/mol. The van der Waals surface area contributed by atoms with Gasteiger partial charge in [0.05, 0.1) is 30.4 Å². The lowest BCUT2D eigenvalue weighted by Gasteiger charge is -2.36. The number of benzene rings is 1. The summed E-state index contributed by atoms with van der Waals surface area (Å²) in [6, 6.07) is 13.4. The van der Waals surface area contributed by atoms with Crippen molar-refractivity contribution in [2.75, 3.05) is 32.7 Å². The summed E-state index contributed by atoms with van der Waals surface area (Å²) in [6.45, 7) is 4.67. The van der Waals surface area contributed by atoms with Crippen LogP contribution in [0.15, 0.2) is 47.1 Å². The molecule has 2 aromatic rings. The highest BCUT2D eigenvalue weighted by molar-refractivity contribution is 5.89. The molecular weight excluding hydrogens is 368 g/mol. The maximum Gasteiger partial charge on any atom is 0.228 e. The van der Waals surface area contributed by atoms with Crippen molar-refractivity contribution in [2.45, 2.75) is 19.5 Å². The van der Waals surface area contributed by atoms with Crippen LogP contribution in [0.4, 0.5) is 0 Å². The van der Waals surface area contributed by atoms with Crippen molar-refractivity contribution < 1.29 is 14.0 Å². The molecule has 2 amide bonds. The predicted octanol–water partition coefficient (Wildman–Crippen LogP) is 1.84. The summed E-state index contributed by atoms with van der Waals surface area (Å²) in [5, 5.41) is 8.89. The van der Waals surface area contributed by atoms with Gasteiger partial charge >= 0.3 is 0 Å². The molecule has 0 bridgehead atoms. The van der Waals surface area contributed by atoms with E-state index in [1.54, 1.807) is 17.2 Å². The minimum Gasteiger partial charge on any atom is -0.467 e. The standard InChI is InChI=1S/C22H24N4O3/c23-13-17-3-5-18(6-4-17)14-24-7-9-25(10-8-24)22(28)19-12-21(27)26(15-19)16-20-2-1-11-29-20/h1-6,11,19H,7-10,12,14-16H2. The summed E-state index contributed by atoms with van der Waals surface area (Å²) in [7, 11) is 0. The lowest BCUT2D eigenvalue weighted by molar-refractivity contribution is -0.137. The Morgan fingerprint density at radius 1 is 1.10 bits per heavy atom. The minimum atomic E-state index is -0.262. The monoisotopic (exact) mass is 392 g/mol. The Morgan fingerprint density at radius 2 is 1.86 bits per heavy atom. The Labute approximate surface area is 170 Å². The van der Waals surface area contributed by atoms with Crippen molar-refractivity contribution >= 4 is 11.8 Å². The topological polar surface area (TPSA) is 80.8 Å². The van der Waals surface area contributed by atoms with Gasteiger partial charge in [-0.1, -0.05) is 12.1 Å². The summed E-state index contributed by atoms with van der Waals surface area (Å²) in [5.74, 6) is 0.572. The number of nitriles is 1. The van der Waals surface area contributed by atoms with Crippen LogP contribution in [-0.2, 0) is 22.7 Å². The molecule has 29 heavy (non-hydrogen) atoms. The number of hydrogen-bond acceptors (Lipinski definition) is 5. The smallest absolute Gasteiger partial charge is 0.228 e. The van der Waals surface area contributed by atoms with Crippen LogP contribution in [0.2, 0.25) is 0 Å². The lowest BCUT2D eigenvalue weighted by atomic mass is 10.1. The van der Waals surface area contributed by atoms with Crippen molar-refractivity contribution in [3.8, 4) is 6.07 Å². The first-order valence-corrected chi connectivity index (χ1v) is 9.93. The summed E-state index contributed by atoms with van der Waals surface area (Å²) in [5.41, 5.74) is 1.83. The van der Waals surface area contributed by atoms with E-state index in [-0.39, 0.29) is 24.2 Å². The summed E-state index contributed by atoms with van der Waals surface area (Å²) < 4.78 is 5.32. The number of likely N-dealkylation sites (tertiary alicyclic amines) is 1. The molecule has 7 nitrogen and oxygen atoms in total.